The van der Waals surface area contributed by atoms with Crippen LogP contribution in [0.15, 0.2) is 34.7 Å². The Bertz CT molecular complexity index is 431. The number of allylic oxidation sites excluding steroid dienone is 4. The van der Waals surface area contributed by atoms with Crippen LogP contribution >= 0.6 is 11.3 Å². The minimum absolute atomic E-state index is 0.0628. The van der Waals surface area contributed by atoms with Crippen molar-refractivity contribution in [1.29, 1.82) is 0 Å². The zero-order valence-electron chi connectivity index (χ0n) is 11.5. The second-order valence-electron chi connectivity index (χ2n) is 3.75. The minimum Gasteiger partial charge on any atom is -0.287 e. The molecule has 1 heterocycles. The molecule has 1 saturated carbocycles. The van der Waals surface area contributed by atoms with Crippen molar-refractivity contribution in [3.05, 3.63) is 40.4 Å². The van der Waals surface area contributed by atoms with Crippen LogP contribution in [0.25, 0.3) is 0 Å². The van der Waals surface area contributed by atoms with E-state index in [1.807, 2.05) is 33.8 Å². The van der Waals surface area contributed by atoms with E-state index in [4.69, 9.17) is 0 Å². The minimum atomic E-state index is 0.0628. The van der Waals surface area contributed by atoms with E-state index < -0.39 is 0 Å². The summed E-state index contributed by atoms with van der Waals surface area (Å²) in [5.74, 6) is 1.40. The van der Waals surface area contributed by atoms with Gasteiger partial charge in [0.2, 0.25) is 5.78 Å². The van der Waals surface area contributed by atoms with E-state index in [0.717, 1.165) is 5.57 Å². The van der Waals surface area contributed by atoms with Crippen molar-refractivity contribution < 1.29 is 4.79 Å². The first kappa shape index (κ1) is 14.8. The standard InChI is InChI=1S/C11H9NOS.2C2H6/c13-11(10-5-14-6-12-10)8-2-1-7-3-9(7)4-8;2*1-2/h1-2,4-7,9H,3H2;2*1-2H3. The molecule has 98 valence electrons. The quantitative estimate of drug-likeness (QED) is 0.735. The number of rotatable bonds is 2. The fourth-order valence-corrected chi connectivity index (χ4v) is 2.32. The van der Waals surface area contributed by atoms with Gasteiger partial charge in [0, 0.05) is 11.0 Å². The zero-order chi connectivity index (χ0) is 13.5. The Hall–Kier alpha value is -1.22. The van der Waals surface area contributed by atoms with Gasteiger partial charge in [0.05, 0.1) is 5.51 Å². The van der Waals surface area contributed by atoms with Crippen LogP contribution in [-0.4, -0.2) is 10.8 Å². The molecule has 0 saturated heterocycles. The predicted octanol–water partition coefficient (Wildman–Crippen LogP) is 4.51. The molecule has 0 radical (unpaired) electrons. The first-order valence-electron chi connectivity index (χ1n) is 6.67. The van der Waals surface area contributed by atoms with Crippen molar-refractivity contribution in [2.45, 2.75) is 34.1 Å². The molecule has 0 N–H and O–H groups in total. The molecular formula is C15H21NOS. The van der Waals surface area contributed by atoms with Gasteiger partial charge in [-0.3, -0.25) is 4.79 Å². The Kier molecular flexibility index (Phi) is 5.99. The van der Waals surface area contributed by atoms with Crippen molar-refractivity contribution >= 4 is 17.1 Å². The third-order valence-corrected chi connectivity index (χ3v) is 3.32. The first-order chi connectivity index (χ1) is 8.84. The van der Waals surface area contributed by atoms with Crippen molar-refractivity contribution in [2.24, 2.45) is 11.8 Å². The lowest BCUT2D eigenvalue weighted by Gasteiger charge is -2.02. The molecule has 18 heavy (non-hydrogen) atoms. The van der Waals surface area contributed by atoms with E-state index in [1.165, 1.54) is 17.8 Å². The van der Waals surface area contributed by atoms with Crippen LogP contribution in [0.3, 0.4) is 0 Å². The smallest absolute Gasteiger partial charge is 0.211 e. The molecule has 0 bridgehead atoms. The maximum atomic E-state index is 11.8. The van der Waals surface area contributed by atoms with Crippen molar-refractivity contribution in [1.82, 2.24) is 4.98 Å². The van der Waals surface area contributed by atoms with Gasteiger partial charge in [-0.1, -0.05) is 45.9 Å². The van der Waals surface area contributed by atoms with Crippen LogP contribution in [0.4, 0.5) is 0 Å². The third kappa shape index (κ3) is 3.39. The van der Waals surface area contributed by atoms with Gasteiger partial charge >= 0.3 is 0 Å². The lowest BCUT2D eigenvalue weighted by molar-refractivity contribution is 0.103. The SMILES string of the molecule is CC.CC.O=C(C1=CC2CC2C=C1)c1cscn1. The second-order valence-corrected chi connectivity index (χ2v) is 4.47. The van der Waals surface area contributed by atoms with E-state index in [-0.39, 0.29) is 5.78 Å². The van der Waals surface area contributed by atoms with Crippen LogP contribution in [0.5, 0.6) is 0 Å². The fourth-order valence-electron chi connectivity index (χ4n) is 1.79. The monoisotopic (exact) mass is 263 g/mol. The Morgan fingerprint density at radius 1 is 1.28 bits per heavy atom. The highest BCUT2D eigenvalue weighted by molar-refractivity contribution is 7.07. The summed E-state index contributed by atoms with van der Waals surface area (Å²) < 4.78 is 0. The van der Waals surface area contributed by atoms with Crippen molar-refractivity contribution in [2.75, 3.05) is 0 Å². The molecule has 0 amide bonds. The molecule has 3 rings (SSSR count). The first-order valence-corrected chi connectivity index (χ1v) is 7.62. The number of carbonyl (C=O) groups excluding carboxylic acids is 1. The Balaban J connectivity index is 0.000000371. The average molecular weight is 263 g/mol. The van der Waals surface area contributed by atoms with Gasteiger partial charge < -0.3 is 0 Å². The van der Waals surface area contributed by atoms with Crippen LogP contribution in [-0.2, 0) is 0 Å². The number of nitrogens with zero attached hydrogens (tertiary/aromatic N) is 1. The Morgan fingerprint density at radius 2 is 2.00 bits per heavy atom. The number of aromatic nitrogens is 1. The maximum absolute atomic E-state index is 11.8. The van der Waals surface area contributed by atoms with E-state index in [0.29, 0.717) is 17.5 Å². The van der Waals surface area contributed by atoms with Gasteiger partial charge in [-0.15, -0.1) is 11.3 Å². The van der Waals surface area contributed by atoms with Crippen LogP contribution in [0, 0.1) is 11.8 Å². The molecule has 2 atom stereocenters. The summed E-state index contributed by atoms with van der Waals surface area (Å²) in [6.45, 7) is 8.00. The van der Waals surface area contributed by atoms with Gasteiger partial charge in [-0.05, 0) is 18.3 Å². The highest BCUT2D eigenvalue weighted by Gasteiger charge is 2.36. The highest BCUT2D eigenvalue weighted by atomic mass is 32.1. The molecule has 2 unspecified atom stereocenters. The van der Waals surface area contributed by atoms with Crippen LogP contribution in [0.2, 0.25) is 0 Å². The summed E-state index contributed by atoms with van der Waals surface area (Å²) in [6, 6.07) is 0. The molecule has 1 aromatic heterocycles. The van der Waals surface area contributed by atoms with Crippen molar-refractivity contribution in [3.63, 3.8) is 0 Å². The van der Waals surface area contributed by atoms with Crippen molar-refractivity contribution in [3.8, 4) is 0 Å². The van der Waals surface area contributed by atoms with Gasteiger partial charge in [0.1, 0.15) is 5.69 Å². The summed E-state index contributed by atoms with van der Waals surface area (Å²) in [7, 11) is 0. The Morgan fingerprint density at radius 3 is 2.56 bits per heavy atom. The molecule has 0 aromatic carbocycles. The molecule has 2 aliphatic carbocycles. The lowest BCUT2D eigenvalue weighted by atomic mass is 10.0. The van der Waals surface area contributed by atoms with Crippen LogP contribution < -0.4 is 0 Å². The molecule has 0 spiro atoms. The highest BCUT2D eigenvalue weighted by Crippen LogP contribution is 2.44. The van der Waals surface area contributed by atoms with Gasteiger partial charge in [-0.25, -0.2) is 4.98 Å². The summed E-state index contributed by atoms with van der Waals surface area (Å²) in [5, 5.41) is 1.80. The average Bonchev–Trinajstić information content (AvgIpc) is 3.03. The van der Waals surface area contributed by atoms with E-state index in [1.54, 1.807) is 10.9 Å². The van der Waals surface area contributed by atoms with Crippen LogP contribution in [0.1, 0.15) is 44.6 Å². The number of thiazole rings is 1. The third-order valence-electron chi connectivity index (χ3n) is 2.73. The van der Waals surface area contributed by atoms with Gasteiger partial charge in [0.25, 0.3) is 0 Å². The number of hydrogen-bond donors (Lipinski definition) is 0. The van der Waals surface area contributed by atoms with E-state index in [2.05, 4.69) is 17.1 Å². The molecule has 2 aliphatic rings. The summed E-state index contributed by atoms with van der Waals surface area (Å²) in [5.41, 5.74) is 3.08. The fraction of sp³-hybridized carbons (Fsp3) is 0.467. The van der Waals surface area contributed by atoms with Gasteiger partial charge in [-0.2, -0.15) is 0 Å². The lowest BCUT2D eigenvalue weighted by Crippen LogP contribution is -2.04. The normalized spacial score (nSPS) is 22.6. The summed E-state index contributed by atoms with van der Waals surface area (Å²) in [6.07, 6.45) is 7.39. The molecule has 3 heteroatoms. The zero-order valence-corrected chi connectivity index (χ0v) is 12.3. The number of ketones is 1. The number of carbonyl (C=O) groups is 1. The number of fused-ring (bicyclic) bond motifs is 1. The van der Waals surface area contributed by atoms with E-state index in [9.17, 15) is 4.79 Å². The summed E-state index contributed by atoms with van der Waals surface area (Å²) >= 11 is 1.46. The largest absolute Gasteiger partial charge is 0.287 e. The van der Waals surface area contributed by atoms with Gasteiger partial charge in [0.15, 0.2) is 0 Å². The molecule has 1 aromatic rings. The predicted molar refractivity (Wildman–Crippen MR) is 78.0 cm³/mol. The Labute approximate surface area is 113 Å². The molecule has 1 fully saturated rings. The second kappa shape index (κ2) is 7.27. The summed E-state index contributed by atoms with van der Waals surface area (Å²) in [4.78, 5) is 15.9. The molecule has 0 aliphatic heterocycles. The topological polar surface area (TPSA) is 30.0 Å². The van der Waals surface area contributed by atoms with E-state index >= 15 is 0 Å². The number of Topliss-reactive ketones (excluding diaryl/α,β-unsaturated/α-hetero) is 1. The number of hydrogen-bond acceptors (Lipinski definition) is 3. The maximum Gasteiger partial charge on any atom is 0.211 e. The molecule has 2 nitrogen and oxygen atoms in total. The molecular weight excluding hydrogens is 242 g/mol.